The number of nitrogens with zero attached hydrogens (tertiary/aromatic N) is 1. The molecule has 1 amide bonds. The van der Waals surface area contributed by atoms with E-state index in [1.807, 2.05) is 0 Å². The minimum absolute atomic E-state index is 0.0340. The van der Waals surface area contributed by atoms with Crippen LogP contribution in [0.1, 0.15) is 25.7 Å². The molecule has 5 nitrogen and oxygen atoms in total. The van der Waals surface area contributed by atoms with Gasteiger partial charge in [0.15, 0.2) is 0 Å². The van der Waals surface area contributed by atoms with E-state index in [1.54, 1.807) is 4.90 Å². The molecule has 1 aliphatic carbocycles. The second-order valence-corrected chi connectivity index (χ2v) is 4.79. The third kappa shape index (κ3) is 2.21. The molecule has 1 aliphatic heterocycles. The summed E-state index contributed by atoms with van der Waals surface area (Å²) in [6.07, 6.45) is 3.40. The van der Waals surface area contributed by atoms with Crippen molar-refractivity contribution in [2.45, 2.75) is 37.3 Å². The molecule has 0 aromatic rings. The minimum Gasteiger partial charge on any atom is -0.394 e. The van der Waals surface area contributed by atoms with Crippen molar-refractivity contribution in [1.29, 1.82) is 0 Å². The van der Waals surface area contributed by atoms with Crippen molar-refractivity contribution in [2.75, 3.05) is 26.3 Å². The monoisotopic (exact) mass is 228 g/mol. The lowest BCUT2D eigenvalue weighted by atomic mass is 9.97. The van der Waals surface area contributed by atoms with E-state index in [2.05, 4.69) is 0 Å². The maximum Gasteiger partial charge on any atom is 0.242 e. The largest absolute Gasteiger partial charge is 0.394 e. The van der Waals surface area contributed by atoms with Crippen LogP contribution in [0.25, 0.3) is 0 Å². The maximum atomic E-state index is 12.2. The average Bonchev–Trinajstić information content (AvgIpc) is 2.76. The zero-order valence-electron chi connectivity index (χ0n) is 9.52. The van der Waals surface area contributed by atoms with Crippen molar-refractivity contribution in [1.82, 2.24) is 4.90 Å². The Labute approximate surface area is 95.5 Å². The lowest BCUT2D eigenvalue weighted by molar-refractivity contribution is -0.145. The summed E-state index contributed by atoms with van der Waals surface area (Å²) in [4.78, 5) is 14.0. The van der Waals surface area contributed by atoms with Gasteiger partial charge < -0.3 is 20.5 Å². The molecule has 0 aromatic carbocycles. The van der Waals surface area contributed by atoms with Crippen LogP contribution in [0.2, 0.25) is 0 Å². The topological polar surface area (TPSA) is 75.8 Å². The summed E-state index contributed by atoms with van der Waals surface area (Å²) in [5, 5.41) is 9.03. The summed E-state index contributed by atoms with van der Waals surface area (Å²) in [5.41, 5.74) is 5.47. The zero-order chi connectivity index (χ0) is 11.6. The summed E-state index contributed by atoms with van der Waals surface area (Å²) < 4.78 is 5.32. The van der Waals surface area contributed by atoms with Crippen LogP contribution in [-0.4, -0.2) is 53.9 Å². The SMILES string of the molecule is NC1(C(=O)N2CCOC(CO)C2)CCCC1. The fraction of sp³-hybridized carbons (Fsp3) is 0.909. The van der Waals surface area contributed by atoms with E-state index in [1.165, 1.54) is 0 Å². The third-order valence-electron chi connectivity index (χ3n) is 3.55. The second-order valence-electron chi connectivity index (χ2n) is 4.79. The summed E-state index contributed by atoms with van der Waals surface area (Å²) in [6.45, 7) is 1.51. The Morgan fingerprint density at radius 2 is 2.19 bits per heavy atom. The first-order valence-electron chi connectivity index (χ1n) is 5.96. The van der Waals surface area contributed by atoms with Crippen molar-refractivity contribution in [3.05, 3.63) is 0 Å². The van der Waals surface area contributed by atoms with Gasteiger partial charge in [-0.2, -0.15) is 0 Å². The molecule has 0 aromatic heterocycles. The van der Waals surface area contributed by atoms with E-state index in [0.717, 1.165) is 25.7 Å². The van der Waals surface area contributed by atoms with Gasteiger partial charge >= 0.3 is 0 Å². The first-order chi connectivity index (χ1) is 7.65. The fourth-order valence-corrected chi connectivity index (χ4v) is 2.55. The number of nitrogens with two attached hydrogens (primary N) is 1. The van der Waals surface area contributed by atoms with Crippen molar-refractivity contribution in [3.8, 4) is 0 Å². The van der Waals surface area contributed by atoms with Crippen LogP contribution in [0.5, 0.6) is 0 Å². The van der Waals surface area contributed by atoms with E-state index in [0.29, 0.717) is 19.7 Å². The number of hydrogen-bond acceptors (Lipinski definition) is 4. The molecule has 0 bridgehead atoms. The standard InChI is InChI=1S/C11H20N2O3/c12-11(3-1-2-4-11)10(15)13-5-6-16-9(7-13)8-14/h9,14H,1-8,12H2. The predicted octanol–water partition coefficient (Wildman–Crippen LogP) is -0.522. The molecule has 0 spiro atoms. The van der Waals surface area contributed by atoms with Gasteiger partial charge in [-0.1, -0.05) is 12.8 Å². The van der Waals surface area contributed by atoms with Gasteiger partial charge in [0.2, 0.25) is 5.91 Å². The molecule has 2 rings (SSSR count). The van der Waals surface area contributed by atoms with Gasteiger partial charge in [0.25, 0.3) is 0 Å². The summed E-state index contributed by atoms with van der Waals surface area (Å²) in [6, 6.07) is 0. The molecule has 92 valence electrons. The molecule has 1 unspecified atom stereocenters. The highest BCUT2D eigenvalue weighted by atomic mass is 16.5. The molecule has 1 saturated heterocycles. The van der Waals surface area contributed by atoms with Gasteiger partial charge in [-0.25, -0.2) is 0 Å². The number of morpholine rings is 1. The summed E-state index contributed by atoms with van der Waals surface area (Å²) in [7, 11) is 0. The van der Waals surface area contributed by atoms with Crippen LogP contribution in [0.15, 0.2) is 0 Å². The first-order valence-corrected chi connectivity index (χ1v) is 5.96. The second kappa shape index (κ2) is 4.69. The minimum atomic E-state index is -0.655. The molecular weight excluding hydrogens is 208 g/mol. The Morgan fingerprint density at radius 3 is 2.81 bits per heavy atom. The number of amides is 1. The van der Waals surface area contributed by atoms with Gasteiger partial charge in [-0.3, -0.25) is 4.79 Å². The van der Waals surface area contributed by atoms with Gasteiger partial charge in [-0.15, -0.1) is 0 Å². The summed E-state index contributed by atoms with van der Waals surface area (Å²) >= 11 is 0. The highest BCUT2D eigenvalue weighted by Crippen LogP contribution is 2.29. The van der Waals surface area contributed by atoms with Crippen molar-refractivity contribution >= 4 is 5.91 Å². The Hall–Kier alpha value is -0.650. The van der Waals surface area contributed by atoms with Crippen LogP contribution in [0.4, 0.5) is 0 Å². The molecule has 1 atom stereocenters. The fourth-order valence-electron chi connectivity index (χ4n) is 2.55. The maximum absolute atomic E-state index is 12.2. The molecule has 2 aliphatic rings. The Bertz CT molecular complexity index is 264. The van der Waals surface area contributed by atoms with E-state index in [-0.39, 0.29) is 18.6 Å². The van der Waals surface area contributed by atoms with Crippen LogP contribution in [-0.2, 0) is 9.53 Å². The molecule has 1 heterocycles. The Morgan fingerprint density at radius 1 is 1.50 bits per heavy atom. The number of rotatable bonds is 2. The highest BCUT2D eigenvalue weighted by molar-refractivity contribution is 5.86. The molecule has 0 radical (unpaired) electrons. The molecule has 5 heteroatoms. The quantitative estimate of drug-likeness (QED) is 0.666. The lowest BCUT2D eigenvalue weighted by Crippen LogP contribution is -2.58. The normalized spacial score (nSPS) is 29.4. The number of ether oxygens (including phenoxy) is 1. The number of aliphatic hydroxyl groups excluding tert-OH is 1. The number of hydrogen-bond donors (Lipinski definition) is 2. The third-order valence-corrected chi connectivity index (χ3v) is 3.55. The number of aliphatic hydroxyl groups is 1. The van der Waals surface area contributed by atoms with Crippen molar-refractivity contribution < 1.29 is 14.6 Å². The van der Waals surface area contributed by atoms with E-state index < -0.39 is 5.54 Å². The van der Waals surface area contributed by atoms with E-state index in [4.69, 9.17) is 15.6 Å². The van der Waals surface area contributed by atoms with Gasteiger partial charge in [-0.05, 0) is 12.8 Å². The molecule has 1 saturated carbocycles. The zero-order valence-corrected chi connectivity index (χ0v) is 9.52. The van der Waals surface area contributed by atoms with E-state index in [9.17, 15) is 4.79 Å². The van der Waals surface area contributed by atoms with Gasteiger partial charge in [0, 0.05) is 13.1 Å². The first kappa shape index (κ1) is 11.8. The molecule has 16 heavy (non-hydrogen) atoms. The highest BCUT2D eigenvalue weighted by Gasteiger charge is 2.41. The lowest BCUT2D eigenvalue weighted by Gasteiger charge is -2.36. The Balaban J connectivity index is 1.98. The molecule has 3 N–H and O–H groups in total. The van der Waals surface area contributed by atoms with E-state index >= 15 is 0 Å². The molecule has 2 fully saturated rings. The predicted molar refractivity (Wildman–Crippen MR) is 58.8 cm³/mol. The van der Waals surface area contributed by atoms with Gasteiger partial charge in [0.05, 0.1) is 24.9 Å². The Kier molecular flexibility index (Phi) is 3.47. The van der Waals surface area contributed by atoms with Crippen LogP contribution in [0, 0.1) is 0 Å². The van der Waals surface area contributed by atoms with Crippen LogP contribution < -0.4 is 5.73 Å². The molecular formula is C11H20N2O3. The number of carbonyl (C=O) groups excluding carboxylic acids is 1. The van der Waals surface area contributed by atoms with Crippen molar-refractivity contribution in [3.63, 3.8) is 0 Å². The average molecular weight is 228 g/mol. The smallest absolute Gasteiger partial charge is 0.242 e. The summed E-state index contributed by atoms with van der Waals surface area (Å²) in [5.74, 6) is 0.0340. The van der Waals surface area contributed by atoms with Gasteiger partial charge in [0.1, 0.15) is 0 Å². The number of carbonyl (C=O) groups is 1. The van der Waals surface area contributed by atoms with Crippen LogP contribution >= 0.6 is 0 Å². The van der Waals surface area contributed by atoms with Crippen molar-refractivity contribution in [2.24, 2.45) is 5.73 Å². The van der Waals surface area contributed by atoms with Crippen LogP contribution in [0.3, 0.4) is 0 Å².